The topological polar surface area (TPSA) is 0 Å². The lowest BCUT2D eigenvalue weighted by Gasteiger charge is -1.95. The molecule has 0 amide bonds. The van der Waals surface area contributed by atoms with Gasteiger partial charge in [-0.1, -0.05) is 73.8 Å². The van der Waals surface area contributed by atoms with E-state index in [-0.39, 0.29) is 0 Å². The van der Waals surface area contributed by atoms with Crippen LogP contribution < -0.4 is 0 Å². The molecular weight excluding hydrogens is 252 g/mol. The molecule has 0 saturated heterocycles. The van der Waals surface area contributed by atoms with Crippen molar-refractivity contribution in [3.63, 3.8) is 0 Å². The molecule has 1 heteroatoms. The number of rotatable bonds is 3. The molecule has 0 bridgehead atoms. The van der Waals surface area contributed by atoms with Gasteiger partial charge in [0.15, 0.2) is 0 Å². The fourth-order valence-electron chi connectivity index (χ4n) is 1.56. The minimum absolute atomic E-state index is 0.581. The predicted octanol–water partition coefficient (Wildman–Crippen LogP) is 5.71. The van der Waals surface area contributed by atoms with Crippen molar-refractivity contribution in [1.29, 1.82) is 0 Å². The highest BCUT2D eigenvalue weighted by Crippen LogP contribution is 2.07. The molecule has 0 radical (unpaired) electrons. The summed E-state index contributed by atoms with van der Waals surface area (Å²) in [5, 5.41) is 0. The third-order valence-corrected chi connectivity index (χ3v) is 3.09. The second-order valence-electron chi connectivity index (χ2n) is 4.14. The van der Waals surface area contributed by atoms with Crippen molar-refractivity contribution >= 4 is 23.8 Å². The number of aryl methyl sites for hydroxylation is 1. The number of alkyl halides is 1. The summed E-state index contributed by atoms with van der Waals surface area (Å²) in [6, 6.07) is 16.2. The van der Waals surface area contributed by atoms with Crippen LogP contribution in [0.1, 0.15) is 22.3 Å². The van der Waals surface area contributed by atoms with E-state index >= 15 is 0 Å². The zero-order valence-corrected chi connectivity index (χ0v) is 12.0. The lowest BCUT2D eigenvalue weighted by atomic mass is 10.1. The number of benzene rings is 2. The Morgan fingerprint density at radius 1 is 0.947 bits per heavy atom. The quantitative estimate of drug-likeness (QED) is 0.627. The van der Waals surface area contributed by atoms with Crippen LogP contribution in [-0.2, 0) is 5.88 Å². The molecule has 0 atom stereocenters. The first-order valence-electron chi connectivity index (χ1n) is 6.16. The molecule has 0 aromatic heterocycles. The second-order valence-corrected chi connectivity index (χ2v) is 4.41. The molecular formula is C18H19Cl. The summed E-state index contributed by atoms with van der Waals surface area (Å²) >= 11 is 5.60. The van der Waals surface area contributed by atoms with Gasteiger partial charge in [-0.15, -0.1) is 11.6 Å². The van der Waals surface area contributed by atoms with Gasteiger partial charge in [-0.25, -0.2) is 0 Å². The summed E-state index contributed by atoms with van der Waals surface area (Å²) in [4.78, 5) is 0. The van der Waals surface area contributed by atoms with Crippen molar-refractivity contribution in [3.8, 4) is 0 Å². The largest absolute Gasteiger partial charge is 0.122 e. The molecule has 2 aromatic carbocycles. The highest BCUT2D eigenvalue weighted by Gasteiger charge is 1.88. The van der Waals surface area contributed by atoms with Crippen molar-refractivity contribution in [2.75, 3.05) is 0 Å². The third-order valence-electron chi connectivity index (χ3n) is 2.78. The van der Waals surface area contributed by atoms with Gasteiger partial charge in [0.25, 0.3) is 0 Å². The molecule has 0 aliphatic carbocycles. The third kappa shape index (κ3) is 5.15. The Bertz CT molecular complexity index is 524. The zero-order chi connectivity index (χ0) is 14.1. The summed E-state index contributed by atoms with van der Waals surface area (Å²) in [5.74, 6) is 0.581. The second kappa shape index (κ2) is 8.34. The van der Waals surface area contributed by atoms with Gasteiger partial charge in [0.2, 0.25) is 0 Å². The molecule has 0 nitrogen and oxygen atoms in total. The SMILES string of the molecule is C=Cc1ccc(CCl)cc1.C=Cc1ccccc1C. The molecule has 0 unspecified atom stereocenters. The monoisotopic (exact) mass is 270 g/mol. The Kier molecular flexibility index (Phi) is 6.70. The van der Waals surface area contributed by atoms with Gasteiger partial charge in [0.1, 0.15) is 0 Å². The van der Waals surface area contributed by atoms with E-state index in [0.29, 0.717) is 5.88 Å². The van der Waals surface area contributed by atoms with Gasteiger partial charge in [0, 0.05) is 5.88 Å². The number of halogens is 1. The molecule has 2 aromatic rings. The Balaban J connectivity index is 0.000000191. The lowest BCUT2D eigenvalue weighted by Crippen LogP contribution is -1.76. The first-order valence-corrected chi connectivity index (χ1v) is 6.70. The maximum atomic E-state index is 5.60. The fourth-order valence-corrected chi connectivity index (χ4v) is 1.74. The maximum absolute atomic E-state index is 5.60. The van der Waals surface area contributed by atoms with Crippen molar-refractivity contribution in [3.05, 3.63) is 83.9 Å². The average Bonchev–Trinajstić information content (AvgIpc) is 2.48. The van der Waals surface area contributed by atoms with E-state index < -0.39 is 0 Å². The molecule has 0 spiro atoms. The van der Waals surface area contributed by atoms with Crippen LogP contribution in [0.5, 0.6) is 0 Å². The minimum atomic E-state index is 0.581. The zero-order valence-electron chi connectivity index (χ0n) is 11.3. The molecule has 0 saturated carbocycles. The van der Waals surface area contributed by atoms with Crippen LogP contribution in [0.25, 0.3) is 12.2 Å². The van der Waals surface area contributed by atoms with E-state index in [0.717, 1.165) is 11.1 Å². The van der Waals surface area contributed by atoms with Gasteiger partial charge in [-0.2, -0.15) is 0 Å². The van der Waals surface area contributed by atoms with Gasteiger partial charge < -0.3 is 0 Å². The summed E-state index contributed by atoms with van der Waals surface area (Å²) < 4.78 is 0. The van der Waals surface area contributed by atoms with E-state index in [4.69, 9.17) is 11.6 Å². The highest BCUT2D eigenvalue weighted by molar-refractivity contribution is 6.17. The molecule has 0 aliphatic rings. The fraction of sp³-hybridized carbons (Fsp3) is 0.111. The van der Waals surface area contributed by atoms with E-state index in [1.54, 1.807) is 0 Å². The van der Waals surface area contributed by atoms with Crippen molar-refractivity contribution in [2.45, 2.75) is 12.8 Å². The molecule has 0 aliphatic heterocycles. The van der Waals surface area contributed by atoms with E-state index in [9.17, 15) is 0 Å². The summed E-state index contributed by atoms with van der Waals surface area (Å²) in [7, 11) is 0. The van der Waals surface area contributed by atoms with Crippen LogP contribution in [-0.4, -0.2) is 0 Å². The van der Waals surface area contributed by atoms with Gasteiger partial charge >= 0.3 is 0 Å². The average molecular weight is 271 g/mol. The van der Waals surface area contributed by atoms with E-state index in [1.807, 2.05) is 48.6 Å². The summed E-state index contributed by atoms with van der Waals surface area (Å²) in [6.07, 6.45) is 3.69. The molecule has 0 heterocycles. The van der Waals surface area contributed by atoms with Crippen LogP contribution in [0.3, 0.4) is 0 Å². The van der Waals surface area contributed by atoms with Crippen LogP contribution >= 0.6 is 11.6 Å². The first-order chi connectivity index (χ1) is 9.21. The first kappa shape index (κ1) is 15.3. The molecule has 2 rings (SSSR count). The van der Waals surface area contributed by atoms with Crippen molar-refractivity contribution < 1.29 is 0 Å². The Morgan fingerprint density at radius 3 is 2.00 bits per heavy atom. The van der Waals surface area contributed by atoms with Crippen LogP contribution in [0, 0.1) is 6.92 Å². The highest BCUT2D eigenvalue weighted by atomic mass is 35.5. The lowest BCUT2D eigenvalue weighted by molar-refractivity contribution is 1.40. The smallest absolute Gasteiger partial charge is 0.0474 e. The maximum Gasteiger partial charge on any atom is 0.0474 e. The number of hydrogen-bond acceptors (Lipinski definition) is 0. The van der Waals surface area contributed by atoms with E-state index in [1.165, 1.54) is 11.1 Å². The van der Waals surface area contributed by atoms with Crippen molar-refractivity contribution in [1.82, 2.24) is 0 Å². The predicted molar refractivity (Wildman–Crippen MR) is 87.4 cm³/mol. The Morgan fingerprint density at radius 2 is 1.58 bits per heavy atom. The van der Waals surface area contributed by atoms with Crippen molar-refractivity contribution in [2.24, 2.45) is 0 Å². The van der Waals surface area contributed by atoms with Gasteiger partial charge in [0.05, 0.1) is 0 Å². The molecule has 0 N–H and O–H groups in total. The van der Waals surface area contributed by atoms with Gasteiger partial charge in [-0.3, -0.25) is 0 Å². The van der Waals surface area contributed by atoms with Crippen LogP contribution in [0.4, 0.5) is 0 Å². The van der Waals surface area contributed by atoms with Crippen LogP contribution in [0.15, 0.2) is 61.7 Å². The molecule has 98 valence electrons. The van der Waals surface area contributed by atoms with E-state index in [2.05, 4.69) is 32.2 Å². The summed E-state index contributed by atoms with van der Waals surface area (Å²) in [5.41, 5.74) is 4.78. The summed E-state index contributed by atoms with van der Waals surface area (Å²) in [6.45, 7) is 9.43. The Hall–Kier alpha value is -1.79. The number of hydrogen-bond donors (Lipinski definition) is 0. The van der Waals surface area contributed by atoms with Crippen LogP contribution in [0.2, 0.25) is 0 Å². The standard InChI is InChI=1S/C9H9Cl.C9H10/c1-2-8-3-5-9(7-10)6-4-8;1-3-9-7-5-4-6-8(9)2/h2-6H,1,7H2;3-7H,1H2,2H3. The van der Waals surface area contributed by atoms with Gasteiger partial charge in [-0.05, 0) is 29.2 Å². The molecule has 19 heavy (non-hydrogen) atoms. The molecule has 0 fully saturated rings. The minimum Gasteiger partial charge on any atom is -0.122 e. The Labute approximate surface area is 121 Å². The normalized spacial score (nSPS) is 9.16.